The van der Waals surface area contributed by atoms with E-state index in [4.69, 9.17) is 9.47 Å². The van der Waals surface area contributed by atoms with Crippen molar-refractivity contribution in [3.8, 4) is 5.75 Å². The summed E-state index contributed by atoms with van der Waals surface area (Å²) in [5, 5.41) is 6.25. The number of anilines is 1. The summed E-state index contributed by atoms with van der Waals surface area (Å²) < 4.78 is 37.9. The lowest BCUT2D eigenvalue weighted by Gasteiger charge is -2.14. The van der Waals surface area contributed by atoms with Crippen molar-refractivity contribution in [2.75, 3.05) is 45.8 Å². The smallest absolute Gasteiger partial charge is 0.240 e. The number of aryl methyl sites for hydroxylation is 1. The van der Waals surface area contributed by atoms with Crippen LogP contribution in [0.2, 0.25) is 0 Å². The fourth-order valence-electron chi connectivity index (χ4n) is 2.54. The van der Waals surface area contributed by atoms with E-state index in [2.05, 4.69) is 20.3 Å². The van der Waals surface area contributed by atoms with Crippen molar-refractivity contribution in [3.05, 3.63) is 54.1 Å². The maximum Gasteiger partial charge on any atom is 0.240 e. The fourth-order valence-corrected chi connectivity index (χ4v) is 3.57. The third-order valence-electron chi connectivity index (χ3n) is 4.12. The van der Waals surface area contributed by atoms with Gasteiger partial charge in [0.2, 0.25) is 10.0 Å². The molecule has 0 heterocycles. The number of benzene rings is 2. The molecule has 0 unspecified atom stereocenters. The van der Waals surface area contributed by atoms with Crippen molar-refractivity contribution in [1.82, 2.24) is 10.0 Å². The monoisotopic (exact) mass is 434 g/mol. The van der Waals surface area contributed by atoms with Crippen LogP contribution in [0.1, 0.15) is 12.0 Å². The lowest BCUT2D eigenvalue weighted by atomic mass is 10.2. The molecule has 0 bridgehead atoms. The highest BCUT2D eigenvalue weighted by atomic mass is 32.2. The van der Waals surface area contributed by atoms with Gasteiger partial charge >= 0.3 is 0 Å². The number of methoxy groups -OCH3 is 1. The summed E-state index contributed by atoms with van der Waals surface area (Å²) in [4.78, 5) is 4.41. The van der Waals surface area contributed by atoms with Crippen molar-refractivity contribution in [2.24, 2.45) is 4.99 Å². The van der Waals surface area contributed by atoms with Crippen molar-refractivity contribution in [3.63, 3.8) is 0 Å². The van der Waals surface area contributed by atoms with Crippen LogP contribution in [-0.2, 0) is 14.8 Å². The summed E-state index contributed by atoms with van der Waals surface area (Å²) in [6, 6.07) is 14.3. The Hall–Kier alpha value is -2.62. The first-order valence-corrected chi connectivity index (χ1v) is 11.2. The van der Waals surface area contributed by atoms with E-state index in [1.165, 1.54) is 0 Å². The number of aliphatic imine (C=N–C) groups is 1. The topological polar surface area (TPSA) is 101 Å². The molecule has 164 valence electrons. The second kappa shape index (κ2) is 12.2. The Kier molecular flexibility index (Phi) is 9.59. The number of sulfonamides is 1. The number of nitrogens with zero attached hydrogens (tertiary/aromatic N) is 1. The van der Waals surface area contributed by atoms with Gasteiger partial charge in [-0.3, -0.25) is 4.99 Å². The van der Waals surface area contributed by atoms with Gasteiger partial charge in [-0.25, -0.2) is 13.1 Å². The Labute approximate surface area is 178 Å². The first-order chi connectivity index (χ1) is 14.4. The van der Waals surface area contributed by atoms with E-state index in [-0.39, 0.29) is 11.4 Å². The maximum atomic E-state index is 12.3. The van der Waals surface area contributed by atoms with Crippen LogP contribution in [0.15, 0.2) is 58.4 Å². The number of nitrogens with one attached hydrogen (secondary N) is 3. The molecule has 0 aromatic heterocycles. The largest absolute Gasteiger partial charge is 0.493 e. The SMILES string of the molecule is CN=C(NCCNS(=O)(=O)c1ccc(C)cc1)Nc1cccc(OCCCOC)c1. The van der Waals surface area contributed by atoms with Crippen LogP contribution in [0.5, 0.6) is 5.75 Å². The van der Waals surface area contributed by atoms with Crippen LogP contribution in [0.25, 0.3) is 0 Å². The van der Waals surface area contributed by atoms with E-state index in [1.54, 1.807) is 38.4 Å². The Morgan fingerprint density at radius 1 is 1.07 bits per heavy atom. The zero-order chi connectivity index (χ0) is 21.8. The Morgan fingerprint density at radius 3 is 2.53 bits per heavy atom. The van der Waals surface area contributed by atoms with E-state index in [1.807, 2.05) is 31.2 Å². The first kappa shape index (κ1) is 23.7. The Bertz CT molecular complexity index is 915. The highest BCUT2D eigenvalue weighted by Crippen LogP contribution is 2.17. The summed E-state index contributed by atoms with van der Waals surface area (Å²) in [6.07, 6.45) is 0.815. The third kappa shape index (κ3) is 8.02. The van der Waals surface area contributed by atoms with Crippen molar-refractivity contribution >= 4 is 21.7 Å². The Balaban J connectivity index is 1.80. The molecule has 0 saturated heterocycles. The zero-order valence-electron chi connectivity index (χ0n) is 17.6. The molecule has 2 rings (SSSR count). The molecule has 0 radical (unpaired) electrons. The molecule has 0 saturated carbocycles. The van der Waals surface area contributed by atoms with Gasteiger partial charge in [-0.05, 0) is 31.2 Å². The standard InChI is InChI=1S/C21H30N4O4S/c1-17-8-10-20(11-9-17)30(26,27)24-13-12-23-21(22-2)25-18-6-4-7-19(16-18)29-15-5-14-28-3/h4,6-11,16,24H,5,12-15H2,1-3H3,(H2,22,23,25). The molecule has 0 aliphatic heterocycles. The van der Waals surface area contributed by atoms with Gasteiger partial charge in [0.1, 0.15) is 5.75 Å². The molecule has 0 fully saturated rings. The molecule has 2 aromatic rings. The van der Waals surface area contributed by atoms with Gasteiger partial charge in [-0.15, -0.1) is 0 Å². The molecule has 0 aliphatic rings. The number of ether oxygens (including phenoxy) is 2. The molecule has 9 heteroatoms. The van der Waals surface area contributed by atoms with Gasteiger partial charge < -0.3 is 20.1 Å². The minimum Gasteiger partial charge on any atom is -0.493 e. The number of hydrogen-bond acceptors (Lipinski definition) is 5. The Morgan fingerprint density at radius 2 is 1.83 bits per heavy atom. The molecule has 0 spiro atoms. The van der Waals surface area contributed by atoms with Crippen LogP contribution in [0.3, 0.4) is 0 Å². The summed E-state index contributed by atoms with van der Waals surface area (Å²) in [5.74, 6) is 1.28. The summed E-state index contributed by atoms with van der Waals surface area (Å²) in [5.41, 5.74) is 1.82. The molecule has 3 N–H and O–H groups in total. The highest BCUT2D eigenvalue weighted by molar-refractivity contribution is 7.89. The first-order valence-electron chi connectivity index (χ1n) is 9.70. The lowest BCUT2D eigenvalue weighted by Crippen LogP contribution is -2.37. The van der Waals surface area contributed by atoms with E-state index >= 15 is 0 Å². The maximum absolute atomic E-state index is 12.3. The van der Waals surface area contributed by atoms with Crippen LogP contribution in [0.4, 0.5) is 5.69 Å². The molecule has 0 atom stereocenters. The lowest BCUT2D eigenvalue weighted by molar-refractivity contribution is 0.172. The minimum atomic E-state index is -3.54. The van der Waals surface area contributed by atoms with Crippen LogP contribution in [0, 0.1) is 6.92 Å². The third-order valence-corrected chi connectivity index (χ3v) is 5.60. The predicted octanol–water partition coefficient (Wildman–Crippen LogP) is 2.38. The molecule has 30 heavy (non-hydrogen) atoms. The summed E-state index contributed by atoms with van der Waals surface area (Å²) >= 11 is 0. The van der Waals surface area contributed by atoms with Crippen molar-refractivity contribution in [1.29, 1.82) is 0 Å². The van der Waals surface area contributed by atoms with Gasteiger partial charge in [0.25, 0.3) is 0 Å². The normalized spacial score (nSPS) is 11.9. The summed E-state index contributed by atoms with van der Waals surface area (Å²) in [7, 11) is -0.222. The van der Waals surface area contributed by atoms with Crippen LogP contribution < -0.4 is 20.1 Å². The van der Waals surface area contributed by atoms with Gasteiger partial charge in [0, 0.05) is 52.0 Å². The van der Waals surface area contributed by atoms with Gasteiger partial charge in [0.05, 0.1) is 11.5 Å². The second-order valence-electron chi connectivity index (χ2n) is 6.56. The quantitative estimate of drug-likeness (QED) is 0.285. The highest BCUT2D eigenvalue weighted by Gasteiger charge is 2.12. The van der Waals surface area contributed by atoms with E-state index in [0.29, 0.717) is 25.7 Å². The van der Waals surface area contributed by atoms with Crippen molar-refractivity contribution < 1.29 is 17.9 Å². The van der Waals surface area contributed by atoms with E-state index in [0.717, 1.165) is 23.4 Å². The molecular formula is C21H30N4O4S. The van der Waals surface area contributed by atoms with Gasteiger partial charge in [0.15, 0.2) is 5.96 Å². The van der Waals surface area contributed by atoms with Crippen LogP contribution >= 0.6 is 0 Å². The van der Waals surface area contributed by atoms with Crippen LogP contribution in [-0.4, -0.2) is 54.8 Å². The average molecular weight is 435 g/mol. The fraction of sp³-hybridized carbons (Fsp3) is 0.381. The number of rotatable bonds is 11. The number of hydrogen-bond donors (Lipinski definition) is 3. The minimum absolute atomic E-state index is 0.222. The average Bonchev–Trinajstić information content (AvgIpc) is 2.74. The summed E-state index contributed by atoms with van der Waals surface area (Å²) in [6.45, 7) is 3.74. The van der Waals surface area contributed by atoms with Crippen molar-refractivity contribution in [2.45, 2.75) is 18.2 Å². The predicted molar refractivity (Wildman–Crippen MR) is 120 cm³/mol. The van der Waals surface area contributed by atoms with Gasteiger partial charge in [-0.2, -0.15) is 0 Å². The molecule has 0 aliphatic carbocycles. The second-order valence-corrected chi connectivity index (χ2v) is 8.32. The molecule has 8 nitrogen and oxygen atoms in total. The zero-order valence-corrected chi connectivity index (χ0v) is 18.5. The van der Waals surface area contributed by atoms with E-state index in [9.17, 15) is 8.42 Å². The number of guanidine groups is 1. The van der Waals surface area contributed by atoms with Gasteiger partial charge in [-0.1, -0.05) is 23.8 Å². The molecule has 2 aromatic carbocycles. The molecular weight excluding hydrogens is 404 g/mol. The van der Waals surface area contributed by atoms with E-state index < -0.39 is 10.0 Å². The molecule has 0 amide bonds.